The second-order valence-electron chi connectivity index (χ2n) is 5.85. The first-order valence-corrected chi connectivity index (χ1v) is 6.80. The summed E-state index contributed by atoms with van der Waals surface area (Å²) in [6.45, 7) is 4.99. The molecule has 6 heteroatoms. The van der Waals surface area contributed by atoms with Gasteiger partial charge in [-0.05, 0) is 31.6 Å². The highest BCUT2D eigenvalue weighted by Crippen LogP contribution is 2.26. The van der Waals surface area contributed by atoms with Gasteiger partial charge in [0.25, 0.3) is 5.69 Å². The Kier molecular flexibility index (Phi) is 4.25. The molecule has 2 atom stereocenters. The number of nitro benzene ring substituents is 1. The van der Waals surface area contributed by atoms with Crippen molar-refractivity contribution in [2.75, 3.05) is 32.9 Å². The van der Waals surface area contributed by atoms with E-state index in [4.69, 9.17) is 5.73 Å². The van der Waals surface area contributed by atoms with Crippen LogP contribution in [0.5, 0.6) is 0 Å². The molecule has 0 aromatic heterocycles. The lowest BCUT2D eigenvalue weighted by molar-refractivity contribution is -0.384. The third kappa shape index (κ3) is 3.08. The van der Waals surface area contributed by atoms with Gasteiger partial charge in [0.05, 0.1) is 4.92 Å². The van der Waals surface area contributed by atoms with Gasteiger partial charge in [-0.15, -0.1) is 0 Å². The van der Waals surface area contributed by atoms with Gasteiger partial charge in [0.2, 0.25) is 0 Å². The molecule has 1 aliphatic rings. The first-order chi connectivity index (χ1) is 9.38. The van der Waals surface area contributed by atoms with Gasteiger partial charge in [0, 0.05) is 31.7 Å². The molecule has 6 nitrogen and oxygen atoms in total. The zero-order valence-corrected chi connectivity index (χ0v) is 12.2. The summed E-state index contributed by atoms with van der Waals surface area (Å²) in [6.07, 6.45) is 0. The smallest absolute Gasteiger partial charge is 0.292 e. The van der Waals surface area contributed by atoms with Crippen LogP contribution in [0.1, 0.15) is 12.5 Å². The zero-order chi connectivity index (χ0) is 14.9. The van der Waals surface area contributed by atoms with Gasteiger partial charge in [-0.2, -0.15) is 0 Å². The number of likely N-dealkylation sites (N-methyl/N-ethyl adjacent to an activating group) is 1. The Labute approximate surface area is 119 Å². The van der Waals surface area contributed by atoms with Gasteiger partial charge in [-0.1, -0.05) is 13.0 Å². The van der Waals surface area contributed by atoms with Crippen LogP contribution in [-0.2, 0) is 6.54 Å². The normalized spacial score (nSPS) is 23.4. The molecule has 1 heterocycles. The monoisotopic (exact) mass is 278 g/mol. The van der Waals surface area contributed by atoms with Crippen molar-refractivity contribution >= 4 is 11.4 Å². The van der Waals surface area contributed by atoms with E-state index in [0.717, 1.165) is 25.2 Å². The Balaban J connectivity index is 2.08. The minimum atomic E-state index is -0.423. The topological polar surface area (TPSA) is 75.6 Å². The maximum atomic E-state index is 10.9. The molecular formula is C14H22N4O2. The molecule has 0 amide bonds. The molecule has 2 rings (SSSR count). The average Bonchev–Trinajstić information content (AvgIpc) is 2.72. The van der Waals surface area contributed by atoms with Crippen molar-refractivity contribution in [3.05, 3.63) is 33.9 Å². The molecule has 1 aromatic rings. The van der Waals surface area contributed by atoms with Crippen molar-refractivity contribution in [1.82, 2.24) is 9.80 Å². The summed E-state index contributed by atoms with van der Waals surface area (Å²) < 4.78 is 0. The quantitative estimate of drug-likeness (QED) is 0.514. The molecule has 1 aromatic carbocycles. The number of anilines is 1. The molecule has 2 unspecified atom stereocenters. The van der Waals surface area contributed by atoms with Crippen molar-refractivity contribution in [2.45, 2.75) is 19.5 Å². The molecule has 20 heavy (non-hydrogen) atoms. The van der Waals surface area contributed by atoms with Gasteiger partial charge in [-0.3, -0.25) is 15.0 Å². The SMILES string of the molecule is CC1CN(Cc2ccc(N)c([N+](=O)[O-])c2)CC1N(C)C. The van der Waals surface area contributed by atoms with E-state index in [0.29, 0.717) is 12.0 Å². The van der Waals surface area contributed by atoms with Crippen LogP contribution in [0.25, 0.3) is 0 Å². The number of nitrogen functional groups attached to an aromatic ring is 1. The maximum absolute atomic E-state index is 10.9. The fraction of sp³-hybridized carbons (Fsp3) is 0.571. The molecule has 110 valence electrons. The molecule has 2 N–H and O–H groups in total. The summed E-state index contributed by atoms with van der Waals surface area (Å²) in [4.78, 5) is 15.1. The lowest BCUT2D eigenvalue weighted by atomic mass is 10.1. The number of likely N-dealkylation sites (tertiary alicyclic amines) is 1. The fourth-order valence-electron chi connectivity index (χ4n) is 2.95. The summed E-state index contributed by atoms with van der Waals surface area (Å²) in [7, 11) is 4.19. The molecule has 0 radical (unpaired) electrons. The molecular weight excluding hydrogens is 256 g/mol. The largest absolute Gasteiger partial charge is 0.393 e. The molecule has 1 saturated heterocycles. The van der Waals surface area contributed by atoms with Crippen molar-refractivity contribution < 1.29 is 4.92 Å². The maximum Gasteiger partial charge on any atom is 0.292 e. The van der Waals surface area contributed by atoms with E-state index in [1.165, 1.54) is 0 Å². The highest BCUT2D eigenvalue weighted by Gasteiger charge is 2.30. The highest BCUT2D eigenvalue weighted by molar-refractivity contribution is 5.59. The number of rotatable bonds is 4. The molecule has 0 aliphatic carbocycles. The summed E-state index contributed by atoms with van der Waals surface area (Å²) >= 11 is 0. The Morgan fingerprint density at radius 2 is 2.15 bits per heavy atom. The lowest BCUT2D eigenvalue weighted by Gasteiger charge is -2.22. The average molecular weight is 278 g/mol. The minimum absolute atomic E-state index is 0.00101. The van der Waals surface area contributed by atoms with Crippen LogP contribution in [0.15, 0.2) is 18.2 Å². The van der Waals surface area contributed by atoms with Crippen LogP contribution < -0.4 is 5.73 Å². The van der Waals surface area contributed by atoms with Gasteiger partial charge in [0.15, 0.2) is 0 Å². The Morgan fingerprint density at radius 1 is 1.45 bits per heavy atom. The van der Waals surface area contributed by atoms with E-state index < -0.39 is 4.92 Å². The first-order valence-electron chi connectivity index (χ1n) is 6.80. The zero-order valence-electron chi connectivity index (χ0n) is 12.2. The van der Waals surface area contributed by atoms with Gasteiger partial charge in [0.1, 0.15) is 5.69 Å². The number of benzene rings is 1. The Morgan fingerprint density at radius 3 is 2.70 bits per heavy atom. The van der Waals surface area contributed by atoms with Crippen molar-refractivity contribution in [3.63, 3.8) is 0 Å². The third-order valence-electron chi connectivity index (χ3n) is 4.01. The second kappa shape index (κ2) is 5.76. The Bertz CT molecular complexity index is 504. The first kappa shape index (κ1) is 14.7. The summed E-state index contributed by atoms with van der Waals surface area (Å²) in [5.74, 6) is 0.605. The third-order valence-corrected chi connectivity index (χ3v) is 4.01. The fourth-order valence-corrected chi connectivity index (χ4v) is 2.95. The van der Waals surface area contributed by atoms with E-state index in [-0.39, 0.29) is 11.4 Å². The van der Waals surface area contributed by atoms with Gasteiger partial charge >= 0.3 is 0 Å². The van der Waals surface area contributed by atoms with Crippen molar-refractivity contribution in [3.8, 4) is 0 Å². The number of nitrogens with two attached hydrogens (primary N) is 1. The highest BCUT2D eigenvalue weighted by atomic mass is 16.6. The molecule has 1 fully saturated rings. The van der Waals surface area contributed by atoms with Gasteiger partial charge in [-0.25, -0.2) is 0 Å². The van der Waals surface area contributed by atoms with Crippen LogP contribution in [0.3, 0.4) is 0 Å². The van der Waals surface area contributed by atoms with E-state index in [9.17, 15) is 10.1 Å². The number of hydrogen-bond donors (Lipinski definition) is 1. The van der Waals surface area contributed by atoms with Gasteiger partial charge < -0.3 is 10.6 Å². The second-order valence-corrected chi connectivity index (χ2v) is 5.85. The van der Waals surface area contributed by atoms with Crippen molar-refractivity contribution in [1.29, 1.82) is 0 Å². The van der Waals surface area contributed by atoms with Crippen LogP contribution >= 0.6 is 0 Å². The van der Waals surface area contributed by atoms with E-state index in [1.807, 2.05) is 6.07 Å². The van der Waals surface area contributed by atoms with E-state index in [2.05, 4.69) is 30.8 Å². The predicted octanol–water partition coefficient (Wildman–Crippen LogP) is 1.56. The van der Waals surface area contributed by atoms with Crippen LogP contribution in [0.4, 0.5) is 11.4 Å². The minimum Gasteiger partial charge on any atom is -0.393 e. The Hall–Kier alpha value is -1.66. The van der Waals surface area contributed by atoms with Crippen LogP contribution in [0, 0.1) is 16.0 Å². The predicted molar refractivity (Wildman–Crippen MR) is 79.4 cm³/mol. The number of nitro groups is 1. The summed E-state index contributed by atoms with van der Waals surface area (Å²) in [5.41, 5.74) is 6.78. The van der Waals surface area contributed by atoms with Crippen LogP contribution in [0.2, 0.25) is 0 Å². The van der Waals surface area contributed by atoms with E-state index >= 15 is 0 Å². The summed E-state index contributed by atoms with van der Waals surface area (Å²) in [6, 6.07) is 5.62. The standard InChI is InChI=1S/C14H22N4O2/c1-10-7-17(9-14(10)16(2)3)8-11-4-5-12(15)13(6-11)18(19)20/h4-6,10,14H,7-9,15H2,1-3H3. The molecule has 0 saturated carbocycles. The lowest BCUT2D eigenvalue weighted by Crippen LogP contribution is -2.34. The van der Waals surface area contributed by atoms with Crippen molar-refractivity contribution in [2.24, 2.45) is 5.92 Å². The molecule has 1 aliphatic heterocycles. The van der Waals surface area contributed by atoms with E-state index in [1.54, 1.807) is 12.1 Å². The molecule has 0 bridgehead atoms. The number of nitrogens with zero attached hydrogens (tertiary/aromatic N) is 3. The van der Waals surface area contributed by atoms with Crippen LogP contribution in [-0.4, -0.2) is 47.9 Å². The summed E-state index contributed by atoms with van der Waals surface area (Å²) in [5, 5.41) is 10.9. The number of hydrogen-bond acceptors (Lipinski definition) is 5. The molecule has 0 spiro atoms.